The molecule has 1 saturated heterocycles. The summed E-state index contributed by atoms with van der Waals surface area (Å²) in [6.07, 6.45) is -4.39. The predicted molar refractivity (Wildman–Crippen MR) is 149 cm³/mol. The van der Waals surface area contributed by atoms with Gasteiger partial charge in [-0.25, -0.2) is 4.79 Å². The summed E-state index contributed by atoms with van der Waals surface area (Å²) in [6.45, 7) is 0.259. The molecule has 40 heavy (non-hydrogen) atoms. The molecule has 0 spiro atoms. The molecular formula is C33H31NO6. The van der Waals surface area contributed by atoms with Crippen LogP contribution in [0.15, 0.2) is 121 Å². The van der Waals surface area contributed by atoms with Crippen molar-refractivity contribution in [2.75, 3.05) is 0 Å². The number of hydrogen-bond acceptors (Lipinski definition) is 6. The van der Waals surface area contributed by atoms with Crippen LogP contribution in [-0.4, -0.2) is 41.3 Å². The van der Waals surface area contributed by atoms with Crippen molar-refractivity contribution in [1.82, 2.24) is 5.32 Å². The van der Waals surface area contributed by atoms with Gasteiger partial charge in [-0.1, -0.05) is 121 Å². The lowest BCUT2D eigenvalue weighted by Crippen LogP contribution is -2.66. The number of aliphatic hydroxyl groups excluding tert-OH is 1. The number of hydrogen-bond donors (Lipinski definition) is 2. The summed E-state index contributed by atoms with van der Waals surface area (Å²) >= 11 is 0. The standard InChI is InChI=1S/C33H31NO6/c35-28-27(33(37)40-29(25-17-9-3-10-18-25)26-19-11-4-12-20-26)34-32(36)31(39-22-24-15-7-2-8-16-24)30(28)38-21-23-13-5-1-6-14-23/h1-20,27-31,35H,21-22H2,(H,34,36)/t27-,28+,30+,31-/m1/s1. The normalized spacial score (nSPS) is 20.6. The zero-order valence-electron chi connectivity index (χ0n) is 21.8. The van der Waals surface area contributed by atoms with Gasteiger partial charge in [0.05, 0.1) is 13.2 Å². The van der Waals surface area contributed by atoms with Gasteiger partial charge >= 0.3 is 5.97 Å². The summed E-state index contributed by atoms with van der Waals surface area (Å²) in [6, 6.07) is 36.1. The second-order valence-electron chi connectivity index (χ2n) is 9.59. The third kappa shape index (κ3) is 6.63. The van der Waals surface area contributed by atoms with Gasteiger partial charge in [-0.2, -0.15) is 0 Å². The molecule has 0 saturated carbocycles. The zero-order valence-corrected chi connectivity index (χ0v) is 21.8. The van der Waals surface area contributed by atoms with Gasteiger partial charge in [0.25, 0.3) is 5.91 Å². The fraction of sp³-hybridized carbons (Fsp3) is 0.212. The first-order chi connectivity index (χ1) is 19.6. The molecule has 1 amide bonds. The van der Waals surface area contributed by atoms with Gasteiger partial charge in [0.15, 0.2) is 18.2 Å². The van der Waals surface area contributed by atoms with Gasteiger partial charge < -0.3 is 24.6 Å². The number of piperidine rings is 1. The highest BCUT2D eigenvalue weighted by molar-refractivity contribution is 5.90. The lowest BCUT2D eigenvalue weighted by molar-refractivity contribution is -0.186. The number of benzene rings is 4. The Bertz CT molecular complexity index is 1330. The van der Waals surface area contributed by atoms with E-state index in [1.165, 1.54) is 0 Å². The van der Waals surface area contributed by atoms with E-state index < -0.39 is 42.3 Å². The maximum absolute atomic E-state index is 13.5. The van der Waals surface area contributed by atoms with Crippen LogP contribution in [0.25, 0.3) is 0 Å². The first kappa shape index (κ1) is 27.3. The molecule has 0 aromatic heterocycles. The second kappa shape index (κ2) is 13.2. The van der Waals surface area contributed by atoms with E-state index in [0.29, 0.717) is 0 Å². The highest BCUT2D eigenvalue weighted by atomic mass is 16.6. The summed E-state index contributed by atoms with van der Waals surface area (Å²) in [7, 11) is 0. The molecule has 204 valence electrons. The Balaban J connectivity index is 1.36. The van der Waals surface area contributed by atoms with Crippen LogP contribution in [0.4, 0.5) is 0 Å². The number of esters is 1. The van der Waals surface area contributed by atoms with Crippen molar-refractivity contribution in [3.05, 3.63) is 144 Å². The first-order valence-corrected chi connectivity index (χ1v) is 13.2. The van der Waals surface area contributed by atoms with E-state index >= 15 is 0 Å². The monoisotopic (exact) mass is 537 g/mol. The van der Waals surface area contributed by atoms with E-state index in [1.54, 1.807) is 0 Å². The summed E-state index contributed by atoms with van der Waals surface area (Å²) in [5.41, 5.74) is 3.25. The van der Waals surface area contributed by atoms with Crippen LogP contribution < -0.4 is 5.32 Å². The molecular weight excluding hydrogens is 506 g/mol. The maximum atomic E-state index is 13.5. The zero-order chi connectivity index (χ0) is 27.7. The molecule has 7 heteroatoms. The minimum Gasteiger partial charge on any atom is -0.451 e. The van der Waals surface area contributed by atoms with Gasteiger partial charge in [-0.3, -0.25) is 4.79 Å². The summed E-state index contributed by atoms with van der Waals surface area (Å²) in [5, 5.41) is 14.0. The number of rotatable bonds is 10. The van der Waals surface area contributed by atoms with Crippen LogP contribution in [0.2, 0.25) is 0 Å². The number of carbonyl (C=O) groups is 2. The summed E-state index contributed by atoms with van der Waals surface area (Å²) < 4.78 is 18.0. The number of carbonyl (C=O) groups excluding carboxylic acids is 2. The Labute approximate surface area is 233 Å². The molecule has 1 heterocycles. The van der Waals surface area contributed by atoms with Gasteiger partial charge in [0.2, 0.25) is 0 Å². The predicted octanol–water partition coefficient (Wildman–Crippen LogP) is 4.35. The molecule has 4 atom stereocenters. The minimum atomic E-state index is -1.41. The fourth-order valence-corrected chi connectivity index (χ4v) is 4.69. The third-order valence-electron chi connectivity index (χ3n) is 6.78. The third-order valence-corrected chi connectivity index (χ3v) is 6.78. The summed E-state index contributed by atoms with van der Waals surface area (Å²) in [4.78, 5) is 26.8. The van der Waals surface area contributed by atoms with Crippen molar-refractivity contribution in [3.8, 4) is 0 Å². The van der Waals surface area contributed by atoms with Gasteiger partial charge in [0.1, 0.15) is 12.2 Å². The Morgan fingerprint density at radius 3 is 1.65 bits per heavy atom. The van der Waals surface area contributed by atoms with E-state index in [2.05, 4.69) is 5.32 Å². The topological polar surface area (TPSA) is 94.1 Å². The van der Waals surface area contributed by atoms with Crippen LogP contribution in [0.5, 0.6) is 0 Å². The van der Waals surface area contributed by atoms with Gasteiger partial charge in [0, 0.05) is 0 Å². The largest absolute Gasteiger partial charge is 0.451 e. The van der Waals surface area contributed by atoms with Crippen molar-refractivity contribution in [2.24, 2.45) is 0 Å². The van der Waals surface area contributed by atoms with E-state index in [9.17, 15) is 14.7 Å². The number of nitrogens with one attached hydrogen (secondary N) is 1. The average molecular weight is 538 g/mol. The molecule has 1 aliphatic rings. The Morgan fingerprint density at radius 1 is 0.700 bits per heavy atom. The van der Waals surface area contributed by atoms with Gasteiger partial charge in [-0.05, 0) is 22.3 Å². The minimum absolute atomic E-state index is 0.124. The molecule has 1 aliphatic heterocycles. The maximum Gasteiger partial charge on any atom is 0.332 e. The highest BCUT2D eigenvalue weighted by Gasteiger charge is 2.49. The molecule has 0 aliphatic carbocycles. The lowest BCUT2D eigenvalue weighted by Gasteiger charge is -2.39. The molecule has 5 rings (SSSR count). The van der Waals surface area contributed by atoms with E-state index in [-0.39, 0.29) is 13.2 Å². The van der Waals surface area contributed by atoms with Crippen LogP contribution in [0, 0.1) is 0 Å². The Hall–Kier alpha value is -4.30. The first-order valence-electron chi connectivity index (χ1n) is 13.2. The highest BCUT2D eigenvalue weighted by Crippen LogP contribution is 2.28. The molecule has 4 aromatic rings. The molecule has 4 aromatic carbocycles. The molecule has 1 fully saturated rings. The number of amides is 1. The van der Waals surface area contributed by atoms with Crippen molar-refractivity contribution >= 4 is 11.9 Å². The Morgan fingerprint density at radius 2 is 1.15 bits per heavy atom. The lowest BCUT2D eigenvalue weighted by atomic mass is 9.94. The molecule has 7 nitrogen and oxygen atoms in total. The van der Waals surface area contributed by atoms with Crippen molar-refractivity contribution in [3.63, 3.8) is 0 Å². The van der Waals surface area contributed by atoms with Crippen molar-refractivity contribution in [2.45, 2.75) is 43.7 Å². The quantitative estimate of drug-likeness (QED) is 0.292. The Kier molecular flexibility index (Phi) is 8.98. The van der Waals surface area contributed by atoms with Crippen LogP contribution in [0.1, 0.15) is 28.4 Å². The van der Waals surface area contributed by atoms with E-state index in [0.717, 1.165) is 22.3 Å². The molecule has 0 bridgehead atoms. The van der Waals surface area contributed by atoms with Crippen LogP contribution in [0.3, 0.4) is 0 Å². The number of ether oxygens (including phenoxy) is 3. The number of aliphatic hydroxyl groups is 1. The smallest absolute Gasteiger partial charge is 0.332 e. The van der Waals surface area contributed by atoms with E-state index in [4.69, 9.17) is 14.2 Å². The molecule has 2 N–H and O–H groups in total. The summed E-state index contributed by atoms with van der Waals surface area (Å²) in [5.74, 6) is -1.33. The van der Waals surface area contributed by atoms with Crippen LogP contribution >= 0.6 is 0 Å². The van der Waals surface area contributed by atoms with Crippen LogP contribution in [-0.2, 0) is 37.0 Å². The van der Waals surface area contributed by atoms with Crippen molar-refractivity contribution in [1.29, 1.82) is 0 Å². The van der Waals surface area contributed by atoms with Gasteiger partial charge in [-0.15, -0.1) is 0 Å². The molecule has 0 radical (unpaired) electrons. The van der Waals surface area contributed by atoms with E-state index in [1.807, 2.05) is 121 Å². The fourth-order valence-electron chi connectivity index (χ4n) is 4.69. The van der Waals surface area contributed by atoms with Crippen molar-refractivity contribution < 1.29 is 28.9 Å². The molecule has 0 unspecified atom stereocenters. The average Bonchev–Trinajstić information content (AvgIpc) is 3.01. The second-order valence-corrected chi connectivity index (χ2v) is 9.59. The SMILES string of the molecule is O=C(OC(c1ccccc1)c1ccccc1)[C@@H]1NC(=O)[C@H](OCc2ccccc2)[C@@H](OCc2ccccc2)[C@H]1O.